The number of hydrogen-bond donors (Lipinski definition) is 2. The molecule has 0 heterocycles. The Bertz CT molecular complexity index is 502. The molecule has 0 aliphatic carbocycles. The fourth-order valence-electron chi connectivity index (χ4n) is 1.32. The maximum atomic E-state index is 12.6. The fourth-order valence-corrected chi connectivity index (χ4v) is 1.32. The molecule has 0 aromatic heterocycles. The van der Waals surface area contributed by atoms with E-state index in [1.807, 2.05) is 0 Å². The molecule has 3 nitrogen and oxygen atoms in total. The van der Waals surface area contributed by atoms with E-state index < -0.39 is 24.1 Å². The maximum absolute atomic E-state index is 12.6. The number of carboxylic acid groups (broad SMARTS) is 1. The number of halogens is 3. The zero-order valence-electron chi connectivity index (χ0n) is 9.87. The van der Waals surface area contributed by atoms with Crippen LogP contribution < -0.4 is 5.73 Å². The van der Waals surface area contributed by atoms with Crippen molar-refractivity contribution in [1.82, 2.24) is 0 Å². The van der Waals surface area contributed by atoms with Crippen LogP contribution in [0, 0.1) is 11.8 Å². The highest BCUT2D eigenvalue weighted by Crippen LogP contribution is 2.32. The Labute approximate surface area is 108 Å². The average Bonchev–Trinajstić information content (AvgIpc) is 2.34. The van der Waals surface area contributed by atoms with Crippen LogP contribution >= 0.6 is 0 Å². The zero-order valence-corrected chi connectivity index (χ0v) is 9.87. The topological polar surface area (TPSA) is 63.3 Å². The average molecular weight is 271 g/mol. The molecule has 19 heavy (non-hydrogen) atoms. The molecule has 102 valence electrons. The second-order valence-electron chi connectivity index (χ2n) is 3.94. The molecule has 0 saturated carbocycles. The third kappa shape index (κ3) is 3.73. The van der Waals surface area contributed by atoms with Crippen molar-refractivity contribution in [3.63, 3.8) is 0 Å². The van der Waals surface area contributed by atoms with Crippen molar-refractivity contribution in [3.8, 4) is 11.8 Å². The Hall–Kier alpha value is -2.00. The van der Waals surface area contributed by atoms with Crippen molar-refractivity contribution >= 4 is 5.97 Å². The molecular formula is C13H12F3NO2. The Kier molecular flexibility index (Phi) is 4.57. The van der Waals surface area contributed by atoms with E-state index in [1.54, 1.807) is 30.3 Å². The monoisotopic (exact) mass is 271 g/mol. The van der Waals surface area contributed by atoms with Crippen LogP contribution in [0.3, 0.4) is 0 Å². The summed E-state index contributed by atoms with van der Waals surface area (Å²) in [5, 5.41) is 8.59. The number of aliphatic carboxylic acids is 1. The molecule has 0 aliphatic heterocycles. The number of carboxylic acids is 1. The van der Waals surface area contributed by atoms with Crippen LogP contribution in [0.5, 0.6) is 0 Å². The van der Waals surface area contributed by atoms with E-state index in [-0.39, 0.29) is 6.42 Å². The van der Waals surface area contributed by atoms with Crippen LogP contribution in [0.2, 0.25) is 0 Å². The minimum absolute atomic E-state index is 0.253. The summed E-state index contributed by atoms with van der Waals surface area (Å²) in [6, 6.07) is 8.66. The molecule has 0 amide bonds. The lowest BCUT2D eigenvalue weighted by atomic mass is 9.94. The van der Waals surface area contributed by atoms with E-state index in [9.17, 15) is 18.0 Å². The molecule has 1 aromatic rings. The van der Waals surface area contributed by atoms with Gasteiger partial charge in [0.25, 0.3) is 0 Å². The molecule has 1 atom stereocenters. The highest BCUT2D eigenvalue weighted by atomic mass is 19.4. The van der Waals surface area contributed by atoms with E-state index in [2.05, 4.69) is 11.8 Å². The molecule has 1 aromatic carbocycles. The van der Waals surface area contributed by atoms with Crippen LogP contribution in [-0.2, 0) is 4.79 Å². The molecule has 0 saturated heterocycles. The second kappa shape index (κ2) is 5.76. The van der Waals surface area contributed by atoms with Gasteiger partial charge < -0.3 is 10.8 Å². The molecule has 6 heteroatoms. The van der Waals surface area contributed by atoms with Crippen LogP contribution in [0.15, 0.2) is 30.3 Å². The predicted octanol–water partition coefficient (Wildman–Crippen LogP) is 2.16. The maximum Gasteiger partial charge on any atom is 0.417 e. The standard InChI is InChI=1S/C13H12F3NO2/c14-13(15,16)12(17,11(18)19)9-5-4-8-10-6-2-1-3-7-10/h1-3,6-7H,5,9,17H2,(H,18,19). The summed E-state index contributed by atoms with van der Waals surface area (Å²) in [4.78, 5) is 10.6. The molecule has 1 unspecified atom stereocenters. The molecule has 0 aliphatic rings. The Balaban J connectivity index is 2.70. The molecule has 3 N–H and O–H groups in total. The van der Waals surface area contributed by atoms with Gasteiger partial charge in [-0.2, -0.15) is 13.2 Å². The van der Waals surface area contributed by atoms with Gasteiger partial charge in [-0.05, 0) is 18.6 Å². The first-order valence-corrected chi connectivity index (χ1v) is 5.40. The number of nitrogens with two attached hydrogens (primary N) is 1. The Morgan fingerprint density at radius 3 is 2.32 bits per heavy atom. The summed E-state index contributed by atoms with van der Waals surface area (Å²) in [5.74, 6) is 3.04. The van der Waals surface area contributed by atoms with Gasteiger partial charge in [-0.1, -0.05) is 30.0 Å². The molecule has 0 fully saturated rings. The first kappa shape index (κ1) is 15.1. The van der Waals surface area contributed by atoms with Crippen LogP contribution in [-0.4, -0.2) is 22.8 Å². The van der Waals surface area contributed by atoms with E-state index >= 15 is 0 Å². The highest BCUT2D eigenvalue weighted by Gasteiger charge is 2.57. The van der Waals surface area contributed by atoms with Crippen molar-refractivity contribution in [2.75, 3.05) is 0 Å². The van der Waals surface area contributed by atoms with Crippen LogP contribution in [0.25, 0.3) is 0 Å². The molecule has 0 spiro atoms. The summed E-state index contributed by atoms with van der Waals surface area (Å²) in [6.07, 6.45) is -6.05. The number of rotatable bonds is 3. The summed E-state index contributed by atoms with van der Waals surface area (Å²) < 4.78 is 37.7. The smallest absolute Gasteiger partial charge is 0.417 e. The number of carbonyl (C=O) groups is 1. The summed E-state index contributed by atoms with van der Waals surface area (Å²) >= 11 is 0. The third-order valence-electron chi connectivity index (χ3n) is 2.54. The number of benzene rings is 1. The predicted molar refractivity (Wildman–Crippen MR) is 63.2 cm³/mol. The summed E-state index contributed by atoms with van der Waals surface area (Å²) in [7, 11) is 0. The summed E-state index contributed by atoms with van der Waals surface area (Å²) in [6.45, 7) is 0. The minimum atomic E-state index is -5.01. The Morgan fingerprint density at radius 2 is 1.84 bits per heavy atom. The lowest BCUT2D eigenvalue weighted by Gasteiger charge is -2.26. The second-order valence-corrected chi connectivity index (χ2v) is 3.94. The first-order valence-electron chi connectivity index (χ1n) is 5.40. The quantitative estimate of drug-likeness (QED) is 0.828. The van der Waals surface area contributed by atoms with Gasteiger partial charge in [0.1, 0.15) is 0 Å². The number of alkyl halides is 3. The molecule has 1 rings (SSSR count). The lowest BCUT2D eigenvalue weighted by molar-refractivity contribution is -0.203. The van der Waals surface area contributed by atoms with Crippen LogP contribution in [0.4, 0.5) is 13.2 Å². The van der Waals surface area contributed by atoms with Gasteiger partial charge in [-0.25, -0.2) is 4.79 Å². The number of hydrogen-bond acceptors (Lipinski definition) is 2. The van der Waals surface area contributed by atoms with Gasteiger partial charge in [0.2, 0.25) is 5.54 Å². The fraction of sp³-hybridized carbons (Fsp3) is 0.308. The van der Waals surface area contributed by atoms with Crippen molar-refractivity contribution in [2.24, 2.45) is 5.73 Å². The van der Waals surface area contributed by atoms with E-state index in [4.69, 9.17) is 10.8 Å². The minimum Gasteiger partial charge on any atom is -0.480 e. The third-order valence-corrected chi connectivity index (χ3v) is 2.54. The van der Waals surface area contributed by atoms with Crippen molar-refractivity contribution in [1.29, 1.82) is 0 Å². The van der Waals surface area contributed by atoms with E-state index in [1.165, 1.54) is 0 Å². The van der Waals surface area contributed by atoms with E-state index in [0.29, 0.717) is 5.56 Å². The lowest BCUT2D eigenvalue weighted by Crippen LogP contribution is -2.59. The van der Waals surface area contributed by atoms with Crippen molar-refractivity contribution in [2.45, 2.75) is 24.6 Å². The Morgan fingerprint density at radius 1 is 1.26 bits per heavy atom. The van der Waals surface area contributed by atoms with E-state index in [0.717, 1.165) is 0 Å². The van der Waals surface area contributed by atoms with Gasteiger partial charge in [-0.15, -0.1) is 0 Å². The van der Waals surface area contributed by atoms with Gasteiger partial charge in [0.15, 0.2) is 0 Å². The van der Waals surface area contributed by atoms with Gasteiger partial charge in [0, 0.05) is 12.0 Å². The normalized spacial score (nSPS) is 14.1. The molecule has 0 radical (unpaired) electrons. The van der Waals surface area contributed by atoms with Crippen molar-refractivity contribution in [3.05, 3.63) is 35.9 Å². The first-order chi connectivity index (χ1) is 8.77. The molecular weight excluding hydrogens is 259 g/mol. The van der Waals surface area contributed by atoms with Gasteiger partial charge >= 0.3 is 12.1 Å². The highest BCUT2D eigenvalue weighted by molar-refractivity contribution is 5.79. The summed E-state index contributed by atoms with van der Waals surface area (Å²) in [5.41, 5.74) is 2.30. The van der Waals surface area contributed by atoms with Crippen LogP contribution in [0.1, 0.15) is 18.4 Å². The molecule has 0 bridgehead atoms. The largest absolute Gasteiger partial charge is 0.480 e. The zero-order chi connectivity index (χ0) is 14.5. The van der Waals surface area contributed by atoms with Gasteiger partial charge in [0.05, 0.1) is 0 Å². The van der Waals surface area contributed by atoms with Gasteiger partial charge in [-0.3, -0.25) is 0 Å². The SMILES string of the molecule is NC(CCC#Cc1ccccc1)(C(=O)O)C(F)(F)F. The van der Waals surface area contributed by atoms with Crippen molar-refractivity contribution < 1.29 is 23.1 Å².